The lowest BCUT2D eigenvalue weighted by Crippen LogP contribution is -2.34. The van der Waals surface area contributed by atoms with Crippen LogP contribution < -0.4 is 0 Å². The summed E-state index contributed by atoms with van der Waals surface area (Å²) in [5.41, 5.74) is 0.354. The highest BCUT2D eigenvalue weighted by molar-refractivity contribution is 9.10. The minimum atomic E-state index is -0.616. The summed E-state index contributed by atoms with van der Waals surface area (Å²) in [4.78, 5) is 24.1. The molecule has 0 aliphatic heterocycles. The molecule has 0 saturated heterocycles. The Kier molecular flexibility index (Phi) is 5.34. The fraction of sp³-hybridized carbons (Fsp3) is 0.467. The van der Waals surface area contributed by atoms with Crippen LogP contribution in [-0.4, -0.2) is 11.6 Å². The molecule has 0 amide bonds. The van der Waals surface area contributed by atoms with Gasteiger partial charge < -0.3 is 0 Å². The molecule has 1 aromatic rings. The summed E-state index contributed by atoms with van der Waals surface area (Å²) in [5.74, 6) is -0.756. The molecule has 104 valence electrons. The Morgan fingerprint density at radius 3 is 2.37 bits per heavy atom. The lowest BCUT2D eigenvalue weighted by molar-refractivity contribution is -0.136. The highest BCUT2D eigenvalue weighted by Gasteiger charge is 2.32. The highest BCUT2D eigenvalue weighted by atomic mass is 79.9. The van der Waals surface area contributed by atoms with Gasteiger partial charge in [0, 0.05) is 14.9 Å². The van der Waals surface area contributed by atoms with Crippen LogP contribution in [0.3, 0.4) is 0 Å². The first-order valence-corrected chi connectivity index (χ1v) is 7.28. The van der Waals surface area contributed by atoms with Crippen molar-refractivity contribution < 1.29 is 9.59 Å². The number of carbonyl (C=O) groups is 2. The number of benzene rings is 1. The maximum absolute atomic E-state index is 12.3. The highest BCUT2D eigenvalue weighted by Crippen LogP contribution is 2.28. The van der Waals surface area contributed by atoms with Crippen LogP contribution in [0.15, 0.2) is 22.7 Å². The molecule has 19 heavy (non-hydrogen) atoms. The number of ketones is 2. The van der Waals surface area contributed by atoms with Crippen molar-refractivity contribution in [3.05, 3.63) is 33.3 Å². The van der Waals surface area contributed by atoms with Gasteiger partial charge in [0.25, 0.3) is 0 Å². The molecule has 0 aliphatic rings. The van der Waals surface area contributed by atoms with E-state index in [0.717, 1.165) is 10.0 Å². The average molecular weight is 346 g/mol. The first-order chi connectivity index (χ1) is 8.62. The van der Waals surface area contributed by atoms with Crippen molar-refractivity contribution in [2.75, 3.05) is 0 Å². The smallest absolute Gasteiger partial charge is 0.148 e. The van der Waals surface area contributed by atoms with Crippen molar-refractivity contribution in [2.45, 2.75) is 34.1 Å². The standard InChI is InChI=1S/C15H18BrClO2/c1-9(18)12(14(19)15(2,3)4)8-10-7-11(17)5-6-13(10)16/h5-7,12H,8H2,1-4H3. The van der Waals surface area contributed by atoms with Gasteiger partial charge in [-0.05, 0) is 37.1 Å². The molecule has 0 aliphatic carbocycles. The molecule has 2 nitrogen and oxygen atoms in total. The van der Waals surface area contributed by atoms with Crippen molar-refractivity contribution in [3.63, 3.8) is 0 Å². The SMILES string of the molecule is CC(=O)C(Cc1cc(Cl)ccc1Br)C(=O)C(C)(C)C. The fourth-order valence-electron chi connectivity index (χ4n) is 1.86. The van der Waals surface area contributed by atoms with Crippen molar-refractivity contribution in [2.24, 2.45) is 11.3 Å². The van der Waals surface area contributed by atoms with Gasteiger partial charge in [-0.3, -0.25) is 9.59 Å². The molecule has 0 radical (unpaired) electrons. The number of Topliss-reactive ketones (excluding diaryl/α,β-unsaturated/α-hetero) is 2. The third kappa shape index (κ3) is 4.43. The van der Waals surface area contributed by atoms with Crippen LogP contribution in [-0.2, 0) is 16.0 Å². The number of hydrogen-bond acceptors (Lipinski definition) is 2. The second-order valence-corrected chi connectivity index (χ2v) is 7.01. The van der Waals surface area contributed by atoms with Gasteiger partial charge in [-0.2, -0.15) is 0 Å². The number of carbonyl (C=O) groups excluding carboxylic acids is 2. The molecule has 1 rings (SSSR count). The van der Waals surface area contributed by atoms with E-state index >= 15 is 0 Å². The number of hydrogen-bond donors (Lipinski definition) is 0. The van der Waals surface area contributed by atoms with E-state index in [1.807, 2.05) is 26.8 Å². The zero-order valence-corrected chi connectivity index (χ0v) is 13.9. The molecule has 1 aromatic carbocycles. The largest absolute Gasteiger partial charge is 0.299 e. The van der Waals surface area contributed by atoms with E-state index in [-0.39, 0.29) is 11.6 Å². The van der Waals surface area contributed by atoms with E-state index in [1.54, 1.807) is 12.1 Å². The van der Waals surface area contributed by atoms with Gasteiger partial charge in [0.2, 0.25) is 0 Å². The van der Waals surface area contributed by atoms with Crippen LogP contribution in [0.4, 0.5) is 0 Å². The molecule has 0 N–H and O–H groups in total. The molecule has 0 bridgehead atoms. The lowest BCUT2D eigenvalue weighted by Gasteiger charge is -2.23. The van der Waals surface area contributed by atoms with Crippen LogP contribution in [0.2, 0.25) is 5.02 Å². The van der Waals surface area contributed by atoms with E-state index in [1.165, 1.54) is 6.92 Å². The summed E-state index contributed by atoms with van der Waals surface area (Å²) in [5, 5.41) is 0.601. The molecular formula is C15H18BrClO2. The Morgan fingerprint density at radius 1 is 1.32 bits per heavy atom. The Balaban J connectivity index is 3.07. The maximum atomic E-state index is 12.3. The predicted octanol–water partition coefficient (Wildman–Crippen LogP) is 4.47. The Morgan fingerprint density at radius 2 is 1.89 bits per heavy atom. The molecule has 4 heteroatoms. The molecular weight excluding hydrogens is 328 g/mol. The van der Waals surface area contributed by atoms with Crippen LogP contribution >= 0.6 is 27.5 Å². The summed E-state index contributed by atoms with van der Waals surface area (Å²) in [7, 11) is 0. The lowest BCUT2D eigenvalue weighted by atomic mass is 9.79. The normalized spacial score (nSPS) is 13.2. The van der Waals surface area contributed by atoms with Crippen LogP contribution in [0, 0.1) is 11.3 Å². The van der Waals surface area contributed by atoms with E-state index in [0.29, 0.717) is 11.4 Å². The van der Waals surface area contributed by atoms with Gasteiger partial charge in [0.05, 0.1) is 5.92 Å². The minimum Gasteiger partial charge on any atom is -0.299 e. The topological polar surface area (TPSA) is 34.1 Å². The van der Waals surface area contributed by atoms with E-state index in [2.05, 4.69) is 15.9 Å². The van der Waals surface area contributed by atoms with Crippen LogP contribution in [0.5, 0.6) is 0 Å². The van der Waals surface area contributed by atoms with Gasteiger partial charge in [-0.15, -0.1) is 0 Å². The van der Waals surface area contributed by atoms with Gasteiger partial charge in [0.15, 0.2) is 0 Å². The van der Waals surface area contributed by atoms with E-state index < -0.39 is 11.3 Å². The van der Waals surface area contributed by atoms with Crippen LogP contribution in [0.1, 0.15) is 33.3 Å². The summed E-state index contributed by atoms with van der Waals surface area (Å²) in [6.07, 6.45) is 0.382. The number of rotatable bonds is 4. The second-order valence-electron chi connectivity index (χ2n) is 5.72. The zero-order valence-electron chi connectivity index (χ0n) is 11.6. The molecule has 0 fully saturated rings. The molecule has 0 saturated carbocycles. The molecule has 1 unspecified atom stereocenters. The van der Waals surface area contributed by atoms with Gasteiger partial charge in [-0.1, -0.05) is 48.3 Å². The third-order valence-corrected chi connectivity index (χ3v) is 3.99. The summed E-state index contributed by atoms with van der Waals surface area (Å²) >= 11 is 9.39. The summed E-state index contributed by atoms with van der Waals surface area (Å²) in [6, 6.07) is 5.39. The predicted molar refractivity (Wildman–Crippen MR) is 81.5 cm³/mol. The summed E-state index contributed by atoms with van der Waals surface area (Å²) < 4.78 is 0.866. The fourth-order valence-corrected chi connectivity index (χ4v) is 2.47. The van der Waals surface area contributed by atoms with Crippen molar-refractivity contribution in [3.8, 4) is 0 Å². The van der Waals surface area contributed by atoms with Crippen molar-refractivity contribution in [1.29, 1.82) is 0 Å². The maximum Gasteiger partial charge on any atom is 0.148 e. The second kappa shape index (κ2) is 6.19. The Hall–Kier alpha value is -0.670. The van der Waals surface area contributed by atoms with Gasteiger partial charge in [-0.25, -0.2) is 0 Å². The van der Waals surface area contributed by atoms with E-state index in [9.17, 15) is 9.59 Å². The minimum absolute atomic E-state index is 0.0353. The van der Waals surface area contributed by atoms with Gasteiger partial charge in [0.1, 0.15) is 11.6 Å². The van der Waals surface area contributed by atoms with Crippen molar-refractivity contribution in [1.82, 2.24) is 0 Å². The first kappa shape index (κ1) is 16.4. The summed E-state index contributed by atoms with van der Waals surface area (Å²) in [6.45, 7) is 6.96. The number of halogens is 2. The third-order valence-electron chi connectivity index (χ3n) is 2.98. The van der Waals surface area contributed by atoms with Crippen molar-refractivity contribution >= 4 is 39.1 Å². The monoisotopic (exact) mass is 344 g/mol. The van der Waals surface area contributed by atoms with E-state index in [4.69, 9.17) is 11.6 Å². The van der Waals surface area contributed by atoms with Gasteiger partial charge >= 0.3 is 0 Å². The average Bonchev–Trinajstić information content (AvgIpc) is 2.27. The molecule has 0 spiro atoms. The zero-order chi connectivity index (χ0) is 14.8. The molecule has 0 heterocycles. The molecule has 0 aromatic heterocycles. The quantitative estimate of drug-likeness (QED) is 0.755. The first-order valence-electron chi connectivity index (χ1n) is 6.11. The molecule has 1 atom stereocenters. The Bertz CT molecular complexity index is 503. The Labute approximate surface area is 127 Å². The van der Waals surface area contributed by atoms with Crippen LogP contribution in [0.25, 0.3) is 0 Å².